The number of benzene rings is 2. The van der Waals surface area contributed by atoms with Crippen molar-refractivity contribution in [3.05, 3.63) is 54.1 Å². The van der Waals surface area contributed by atoms with Gasteiger partial charge < -0.3 is 20.1 Å². The molecular formula is C20H20N2O5. The second-order valence-electron chi connectivity index (χ2n) is 6.04. The largest absolute Gasteiger partial charge is 0.491 e. The molecule has 1 atom stereocenters. The van der Waals surface area contributed by atoms with Crippen molar-refractivity contribution >= 4 is 29.2 Å². The highest BCUT2D eigenvalue weighted by Crippen LogP contribution is 2.28. The van der Waals surface area contributed by atoms with Gasteiger partial charge in [0.1, 0.15) is 12.4 Å². The van der Waals surface area contributed by atoms with Crippen molar-refractivity contribution in [2.45, 2.75) is 13.3 Å². The fourth-order valence-electron chi connectivity index (χ4n) is 2.69. The molecule has 1 aliphatic heterocycles. The number of carbonyl (C=O) groups is 3. The normalized spacial score (nSPS) is 15.6. The Labute approximate surface area is 156 Å². The first-order valence-electron chi connectivity index (χ1n) is 8.66. The van der Waals surface area contributed by atoms with Crippen molar-refractivity contribution in [2.75, 3.05) is 23.8 Å². The Hall–Kier alpha value is -3.35. The Kier molecular flexibility index (Phi) is 5.71. The molecule has 3 rings (SSSR count). The fourth-order valence-corrected chi connectivity index (χ4v) is 2.69. The molecule has 1 heterocycles. The summed E-state index contributed by atoms with van der Waals surface area (Å²) in [5, 5.41) is 5.50. The number of hydrogen-bond acceptors (Lipinski definition) is 5. The monoisotopic (exact) mass is 368 g/mol. The van der Waals surface area contributed by atoms with E-state index in [2.05, 4.69) is 10.6 Å². The van der Waals surface area contributed by atoms with E-state index in [1.165, 1.54) is 0 Å². The second kappa shape index (κ2) is 8.35. The van der Waals surface area contributed by atoms with E-state index in [1.807, 2.05) is 6.07 Å². The maximum Gasteiger partial charge on any atom is 0.338 e. The summed E-state index contributed by atoms with van der Waals surface area (Å²) in [6.45, 7) is 2.16. The number of nitrogens with one attached hydrogen (secondary N) is 2. The Morgan fingerprint density at radius 3 is 2.67 bits per heavy atom. The van der Waals surface area contributed by atoms with Crippen molar-refractivity contribution < 1.29 is 23.9 Å². The molecule has 2 amide bonds. The first kappa shape index (κ1) is 18.4. The number of amides is 2. The lowest BCUT2D eigenvalue weighted by atomic mass is 10.1. The predicted octanol–water partition coefficient (Wildman–Crippen LogP) is 2.84. The molecule has 0 aliphatic carbocycles. The molecule has 140 valence electrons. The van der Waals surface area contributed by atoms with Gasteiger partial charge in [-0.15, -0.1) is 0 Å². The predicted molar refractivity (Wildman–Crippen MR) is 99.7 cm³/mol. The summed E-state index contributed by atoms with van der Waals surface area (Å²) in [4.78, 5) is 36.3. The summed E-state index contributed by atoms with van der Waals surface area (Å²) < 4.78 is 10.5. The molecule has 7 heteroatoms. The highest BCUT2D eigenvalue weighted by molar-refractivity contribution is 5.99. The topological polar surface area (TPSA) is 93.7 Å². The third-order valence-corrected chi connectivity index (χ3v) is 4.07. The van der Waals surface area contributed by atoms with E-state index in [0.717, 1.165) is 0 Å². The van der Waals surface area contributed by atoms with Crippen LogP contribution in [0, 0.1) is 5.92 Å². The van der Waals surface area contributed by atoms with Crippen molar-refractivity contribution in [1.82, 2.24) is 0 Å². The Balaban J connectivity index is 1.58. The molecule has 0 saturated carbocycles. The molecule has 2 aromatic carbocycles. The molecule has 0 unspecified atom stereocenters. The number of hydrogen-bond donors (Lipinski definition) is 2. The summed E-state index contributed by atoms with van der Waals surface area (Å²) in [5.41, 5.74) is 1.54. The highest BCUT2D eigenvalue weighted by Gasteiger charge is 2.27. The number of rotatable bonds is 5. The minimum absolute atomic E-state index is 0.0144. The first-order valence-corrected chi connectivity index (χ1v) is 8.66. The van der Waals surface area contributed by atoms with Crippen LogP contribution in [0.15, 0.2) is 48.5 Å². The van der Waals surface area contributed by atoms with Crippen LogP contribution in [0.3, 0.4) is 0 Å². The maximum atomic E-state index is 12.3. The van der Waals surface area contributed by atoms with Gasteiger partial charge in [-0.05, 0) is 43.3 Å². The lowest BCUT2D eigenvalue weighted by Gasteiger charge is -2.13. The molecule has 0 aromatic heterocycles. The summed E-state index contributed by atoms with van der Waals surface area (Å²) >= 11 is 0. The number of fused-ring (bicyclic) bond motifs is 1. The number of esters is 1. The second-order valence-corrected chi connectivity index (χ2v) is 6.04. The first-order chi connectivity index (χ1) is 13.1. The molecule has 2 aromatic rings. The molecule has 1 aliphatic rings. The average Bonchev–Trinajstić information content (AvgIpc) is 2.81. The van der Waals surface area contributed by atoms with Crippen LogP contribution in [-0.4, -0.2) is 31.0 Å². The van der Waals surface area contributed by atoms with Crippen LogP contribution >= 0.6 is 0 Å². The zero-order valence-electron chi connectivity index (χ0n) is 14.9. The lowest BCUT2D eigenvalue weighted by Crippen LogP contribution is -2.29. The number of carbonyl (C=O) groups excluding carboxylic acids is 3. The van der Waals surface area contributed by atoms with E-state index in [0.29, 0.717) is 29.3 Å². The van der Waals surface area contributed by atoms with Crippen molar-refractivity contribution in [2.24, 2.45) is 5.92 Å². The van der Waals surface area contributed by atoms with E-state index >= 15 is 0 Å². The van der Waals surface area contributed by atoms with E-state index < -0.39 is 11.9 Å². The molecule has 0 spiro atoms. The highest BCUT2D eigenvalue weighted by atomic mass is 16.5. The Bertz CT molecular complexity index is 848. The number of para-hydroxylation sites is 2. The molecule has 2 N–H and O–H groups in total. The standard InChI is InChI=1S/C20H20N2O5/c1-2-26-20(25)13-7-9-15(10-8-13)21-18(23)11-14-12-27-17-6-4-3-5-16(17)22-19(14)24/h3-10,14H,2,11-12H2,1H3,(H,21,23)(H,22,24)/t14-/m1/s1. The zero-order valence-corrected chi connectivity index (χ0v) is 14.9. The van der Waals surface area contributed by atoms with Gasteiger partial charge in [-0.3, -0.25) is 9.59 Å². The number of ether oxygens (including phenoxy) is 2. The van der Waals surface area contributed by atoms with Gasteiger partial charge in [-0.2, -0.15) is 0 Å². The SMILES string of the molecule is CCOC(=O)c1ccc(NC(=O)C[C@@H]2COc3ccccc3NC2=O)cc1. The minimum atomic E-state index is -0.601. The van der Waals surface area contributed by atoms with E-state index in [4.69, 9.17) is 9.47 Å². The van der Waals surface area contributed by atoms with Crippen molar-refractivity contribution in [3.8, 4) is 5.75 Å². The van der Waals surface area contributed by atoms with Gasteiger partial charge in [-0.1, -0.05) is 12.1 Å². The lowest BCUT2D eigenvalue weighted by molar-refractivity contribution is -0.125. The van der Waals surface area contributed by atoms with Gasteiger partial charge in [0.05, 0.1) is 23.8 Å². The van der Waals surface area contributed by atoms with Gasteiger partial charge in [0.25, 0.3) is 0 Å². The number of anilines is 2. The van der Waals surface area contributed by atoms with Crippen LogP contribution in [0.25, 0.3) is 0 Å². The quantitative estimate of drug-likeness (QED) is 0.792. The van der Waals surface area contributed by atoms with E-state index in [1.54, 1.807) is 49.4 Å². The van der Waals surface area contributed by atoms with Crippen molar-refractivity contribution in [3.63, 3.8) is 0 Å². The summed E-state index contributed by atoms with van der Waals surface area (Å²) in [7, 11) is 0. The zero-order chi connectivity index (χ0) is 19.2. The van der Waals surface area contributed by atoms with E-state index in [9.17, 15) is 14.4 Å². The van der Waals surface area contributed by atoms with Crippen LogP contribution in [0.2, 0.25) is 0 Å². The maximum absolute atomic E-state index is 12.3. The fraction of sp³-hybridized carbons (Fsp3) is 0.250. The molecule has 0 radical (unpaired) electrons. The molecule has 0 saturated heterocycles. The van der Waals surface area contributed by atoms with Crippen LogP contribution in [0.5, 0.6) is 5.75 Å². The third kappa shape index (κ3) is 4.63. The molecule has 0 fully saturated rings. The Morgan fingerprint density at radius 1 is 1.19 bits per heavy atom. The summed E-state index contributed by atoms with van der Waals surface area (Å²) in [5.74, 6) is -0.997. The molecular weight excluding hydrogens is 348 g/mol. The molecule has 0 bridgehead atoms. The van der Waals surface area contributed by atoms with Gasteiger partial charge in [0.2, 0.25) is 11.8 Å². The van der Waals surface area contributed by atoms with Gasteiger partial charge >= 0.3 is 5.97 Å². The van der Waals surface area contributed by atoms with Crippen LogP contribution in [0.1, 0.15) is 23.7 Å². The summed E-state index contributed by atoms with van der Waals surface area (Å²) in [6.07, 6.45) is -0.0144. The van der Waals surface area contributed by atoms with E-state index in [-0.39, 0.29) is 24.8 Å². The van der Waals surface area contributed by atoms with Crippen LogP contribution in [-0.2, 0) is 14.3 Å². The third-order valence-electron chi connectivity index (χ3n) is 4.07. The van der Waals surface area contributed by atoms with Gasteiger partial charge in [0.15, 0.2) is 0 Å². The summed E-state index contributed by atoms with van der Waals surface area (Å²) in [6, 6.07) is 13.5. The van der Waals surface area contributed by atoms with Crippen LogP contribution < -0.4 is 15.4 Å². The van der Waals surface area contributed by atoms with Crippen molar-refractivity contribution in [1.29, 1.82) is 0 Å². The molecule has 7 nitrogen and oxygen atoms in total. The van der Waals surface area contributed by atoms with Gasteiger partial charge in [-0.25, -0.2) is 4.79 Å². The average molecular weight is 368 g/mol. The Morgan fingerprint density at radius 2 is 1.93 bits per heavy atom. The van der Waals surface area contributed by atoms with Crippen LogP contribution in [0.4, 0.5) is 11.4 Å². The smallest absolute Gasteiger partial charge is 0.338 e. The van der Waals surface area contributed by atoms with Gasteiger partial charge in [0, 0.05) is 12.1 Å². The minimum Gasteiger partial charge on any atom is -0.491 e. The molecule has 27 heavy (non-hydrogen) atoms.